The van der Waals surface area contributed by atoms with Crippen molar-refractivity contribution in [1.82, 2.24) is 9.97 Å². The molecule has 2 aliphatic heterocycles. The Balaban J connectivity index is 1.85. The minimum Gasteiger partial charge on any atom is -0.393 e. The Kier molecular flexibility index (Phi) is 4.69. The van der Waals surface area contributed by atoms with Gasteiger partial charge in [0.2, 0.25) is 0 Å². The van der Waals surface area contributed by atoms with Gasteiger partial charge in [-0.2, -0.15) is 0 Å². The van der Waals surface area contributed by atoms with Crippen LogP contribution in [0.15, 0.2) is 6.33 Å². The van der Waals surface area contributed by atoms with Crippen molar-refractivity contribution in [3.05, 3.63) is 6.33 Å². The third-order valence-corrected chi connectivity index (χ3v) is 5.30. The van der Waals surface area contributed by atoms with Gasteiger partial charge in [-0.05, 0) is 44.4 Å². The molecule has 0 radical (unpaired) electrons. The van der Waals surface area contributed by atoms with E-state index in [4.69, 9.17) is 5.73 Å². The quantitative estimate of drug-likeness (QED) is 0.930. The second kappa shape index (κ2) is 6.71. The monoisotopic (exact) mass is 303 g/mol. The number of rotatable bonds is 3. The topological polar surface area (TPSA) is 58.3 Å². The molecule has 0 bridgehead atoms. The van der Waals surface area contributed by atoms with Crippen molar-refractivity contribution in [2.75, 3.05) is 35.2 Å². The number of hydrogen-bond donors (Lipinski definition) is 1. The maximum absolute atomic E-state index is 6.49. The Labute approximate surface area is 133 Å². The van der Waals surface area contributed by atoms with Gasteiger partial charge in [-0.3, -0.25) is 0 Å². The summed E-state index contributed by atoms with van der Waals surface area (Å²) in [6.07, 6.45) is 9.09. The lowest BCUT2D eigenvalue weighted by molar-refractivity contribution is 0.435. The highest BCUT2D eigenvalue weighted by Gasteiger charge is 2.27. The zero-order valence-electron chi connectivity index (χ0n) is 14.0. The molecule has 0 amide bonds. The third-order valence-electron chi connectivity index (χ3n) is 5.30. The second-order valence-electron chi connectivity index (χ2n) is 6.86. The van der Waals surface area contributed by atoms with Crippen LogP contribution in [0.2, 0.25) is 0 Å². The van der Waals surface area contributed by atoms with Crippen molar-refractivity contribution in [3.63, 3.8) is 0 Å². The Morgan fingerprint density at radius 1 is 1.09 bits per heavy atom. The molecule has 3 heterocycles. The fraction of sp³-hybridized carbons (Fsp3) is 0.765. The molecule has 2 aliphatic rings. The number of nitrogens with zero attached hydrogens (tertiary/aromatic N) is 4. The summed E-state index contributed by atoms with van der Waals surface area (Å²) < 4.78 is 0. The SMILES string of the molecule is CCC1CCCCN1c1ncnc(N2CCC(C)CC2)c1N. The largest absolute Gasteiger partial charge is 0.393 e. The molecule has 1 aromatic rings. The predicted octanol–water partition coefficient (Wildman–Crippen LogP) is 3.06. The number of nitrogen functional groups attached to an aromatic ring is 1. The van der Waals surface area contributed by atoms with E-state index in [9.17, 15) is 0 Å². The molecule has 1 aromatic heterocycles. The van der Waals surface area contributed by atoms with Crippen LogP contribution in [0.4, 0.5) is 17.3 Å². The Hall–Kier alpha value is -1.52. The van der Waals surface area contributed by atoms with Gasteiger partial charge < -0.3 is 15.5 Å². The fourth-order valence-electron chi connectivity index (χ4n) is 3.78. The summed E-state index contributed by atoms with van der Waals surface area (Å²) in [5, 5.41) is 0. The smallest absolute Gasteiger partial charge is 0.157 e. The van der Waals surface area contributed by atoms with Crippen LogP contribution in [0.25, 0.3) is 0 Å². The molecule has 2 N–H and O–H groups in total. The molecule has 5 nitrogen and oxygen atoms in total. The van der Waals surface area contributed by atoms with Crippen molar-refractivity contribution in [3.8, 4) is 0 Å². The standard InChI is InChI=1S/C17H29N5/c1-3-14-6-4-5-9-22(14)17-15(18)16(19-12-20-17)21-10-7-13(2)8-11-21/h12-14H,3-11,18H2,1-2H3. The van der Waals surface area contributed by atoms with Crippen molar-refractivity contribution >= 4 is 17.3 Å². The molecular weight excluding hydrogens is 274 g/mol. The van der Waals surface area contributed by atoms with E-state index in [1.54, 1.807) is 6.33 Å². The van der Waals surface area contributed by atoms with Crippen LogP contribution in [0.1, 0.15) is 52.4 Å². The molecule has 1 atom stereocenters. The molecule has 22 heavy (non-hydrogen) atoms. The molecule has 2 saturated heterocycles. The minimum atomic E-state index is 0.570. The first-order valence-corrected chi connectivity index (χ1v) is 8.82. The predicted molar refractivity (Wildman–Crippen MR) is 92.3 cm³/mol. The molecule has 122 valence electrons. The highest BCUT2D eigenvalue weighted by Crippen LogP contribution is 2.34. The van der Waals surface area contributed by atoms with Crippen LogP contribution in [0.3, 0.4) is 0 Å². The van der Waals surface area contributed by atoms with E-state index in [2.05, 4.69) is 33.6 Å². The van der Waals surface area contributed by atoms with Gasteiger partial charge >= 0.3 is 0 Å². The molecule has 3 rings (SSSR count). The Bertz CT molecular complexity index is 496. The first-order chi connectivity index (χ1) is 10.7. The summed E-state index contributed by atoms with van der Waals surface area (Å²) in [5.41, 5.74) is 7.26. The number of piperidine rings is 2. The van der Waals surface area contributed by atoms with Gasteiger partial charge in [-0.25, -0.2) is 9.97 Å². The maximum atomic E-state index is 6.49. The molecule has 0 spiro atoms. The number of aromatic nitrogens is 2. The Morgan fingerprint density at radius 3 is 2.55 bits per heavy atom. The van der Waals surface area contributed by atoms with E-state index >= 15 is 0 Å². The van der Waals surface area contributed by atoms with Crippen LogP contribution in [-0.2, 0) is 0 Å². The zero-order chi connectivity index (χ0) is 15.5. The lowest BCUT2D eigenvalue weighted by Crippen LogP contribution is -2.41. The van der Waals surface area contributed by atoms with E-state index in [0.29, 0.717) is 6.04 Å². The van der Waals surface area contributed by atoms with Crippen LogP contribution < -0.4 is 15.5 Å². The average Bonchev–Trinajstić information content (AvgIpc) is 2.56. The fourth-order valence-corrected chi connectivity index (χ4v) is 3.78. The first kappa shape index (κ1) is 15.4. The molecular formula is C17H29N5. The summed E-state index contributed by atoms with van der Waals surface area (Å²) in [6, 6.07) is 0.570. The van der Waals surface area contributed by atoms with Crippen molar-refractivity contribution < 1.29 is 0 Å². The highest BCUT2D eigenvalue weighted by molar-refractivity contribution is 5.76. The summed E-state index contributed by atoms with van der Waals surface area (Å²) in [4.78, 5) is 13.8. The van der Waals surface area contributed by atoms with Crippen molar-refractivity contribution in [2.24, 2.45) is 5.92 Å². The van der Waals surface area contributed by atoms with E-state index in [1.807, 2.05) is 0 Å². The van der Waals surface area contributed by atoms with E-state index in [0.717, 1.165) is 49.3 Å². The molecule has 2 fully saturated rings. The summed E-state index contributed by atoms with van der Waals surface area (Å²) in [7, 11) is 0. The summed E-state index contributed by atoms with van der Waals surface area (Å²) >= 11 is 0. The highest BCUT2D eigenvalue weighted by atomic mass is 15.3. The maximum Gasteiger partial charge on any atom is 0.157 e. The lowest BCUT2D eigenvalue weighted by Gasteiger charge is -2.38. The average molecular weight is 303 g/mol. The number of nitrogens with two attached hydrogens (primary N) is 1. The van der Waals surface area contributed by atoms with E-state index in [1.165, 1.54) is 32.1 Å². The van der Waals surface area contributed by atoms with Gasteiger partial charge in [-0.1, -0.05) is 13.8 Å². The van der Waals surface area contributed by atoms with Gasteiger partial charge in [-0.15, -0.1) is 0 Å². The van der Waals surface area contributed by atoms with Crippen LogP contribution in [-0.4, -0.2) is 35.6 Å². The third kappa shape index (κ3) is 2.99. The van der Waals surface area contributed by atoms with Gasteiger partial charge in [0, 0.05) is 25.7 Å². The normalized spacial score (nSPS) is 23.8. The first-order valence-electron chi connectivity index (χ1n) is 8.82. The van der Waals surface area contributed by atoms with Crippen LogP contribution >= 0.6 is 0 Å². The molecule has 0 saturated carbocycles. The van der Waals surface area contributed by atoms with Crippen molar-refractivity contribution in [1.29, 1.82) is 0 Å². The Morgan fingerprint density at radius 2 is 1.82 bits per heavy atom. The van der Waals surface area contributed by atoms with Crippen molar-refractivity contribution in [2.45, 2.75) is 58.4 Å². The summed E-state index contributed by atoms with van der Waals surface area (Å²) in [5.74, 6) is 2.71. The minimum absolute atomic E-state index is 0.570. The van der Waals surface area contributed by atoms with Gasteiger partial charge in [0.15, 0.2) is 11.6 Å². The van der Waals surface area contributed by atoms with E-state index in [-0.39, 0.29) is 0 Å². The lowest BCUT2D eigenvalue weighted by atomic mass is 9.99. The molecule has 1 unspecified atom stereocenters. The van der Waals surface area contributed by atoms with Gasteiger partial charge in [0.25, 0.3) is 0 Å². The van der Waals surface area contributed by atoms with Crippen LogP contribution in [0.5, 0.6) is 0 Å². The van der Waals surface area contributed by atoms with Gasteiger partial charge in [0.05, 0.1) is 0 Å². The summed E-state index contributed by atoms with van der Waals surface area (Å²) in [6.45, 7) is 7.76. The molecule has 5 heteroatoms. The number of hydrogen-bond acceptors (Lipinski definition) is 5. The van der Waals surface area contributed by atoms with E-state index < -0.39 is 0 Å². The van der Waals surface area contributed by atoms with Gasteiger partial charge in [0.1, 0.15) is 12.0 Å². The number of anilines is 3. The molecule has 0 aromatic carbocycles. The molecule has 0 aliphatic carbocycles. The van der Waals surface area contributed by atoms with Crippen LogP contribution in [0, 0.1) is 5.92 Å². The second-order valence-corrected chi connectivity index (χ2v) is 6.86. The zero-order valence-corrected chi connectivity index (χ0v) is 14.0.